The number of hydrogen-bond donors (Lipinski definition) is 0. The van der Waals surface area contributed by atoms with Crippen molar-refractivity contribution < 1.29 is 0 Å². The van der Waals surface area contributed by atoms with Crippen molar-refractivity contribution in [1.82, 2.24) is 19.1 Å². The molecule has 0 aliphatic rings. The van der Waals surface area contributed by atoms with Crippen molar-refractivity contribution >= 4 is 83.7 Å². The van der Waals surface area contributed by atoms with E-state index in [1.54, 1.807) is 0 Å². The highest BCUT2D eigenvalue weighted by molar-refractivity contribution is 6.13. The van der Waals surface area contributed by atoms with Crippen LogP contribution in [-0.2, 0) is 6.42 Å². The molecule has 0 spiro atoms. The van der Waals surface area contributed by atoms with Gasteiger partial charge in [0.15, 0.2) is 11.7 Å². The number of hydrogen-bond acceptors (Lipinski definition) is 3. The molecule has 0 N–H and O–H groups in total. The predicted octanol–water partition coefficient (Wildman–Crippen LogP) is 12.8. The molecule has 0 aliphatic heterocycles. The lowest BCUT2D eigenvalue weighted by molar-refractivity contribution is 1.11. The van der Waals surface area contributed by atoms with E-state index < -0.39 is 0 Å². The van der Waals surface area contributed by atoms with Crippen LogP contribution < -0.4 is 0 Å². The summed E-state index contributed by atoms with van der Waals surface area (Å²) in [6.07, 6.45) is 2.79. The Balaban J connectivity index is 1.12. The first-order chi connectivity index (χ1) is 29.2. The van der Waals surface area contributed by atoms with Crippen LogP contribution in [-0.4, -0.2) is 31.7 Å². The number of amidine groups is 1. The van der Waals surface area contributed by atoms with Crippen molar-refractivity contribution in [1.29, 1.82) is 0 Å². The predicted molar refractivity (Wildman–Crippen MR) is 247 cm³/mol. The molecule has 0 aliphatic carbocycles. The summed E-state index contributed by atoms with van der Waals surface area (Å²) in [5, 5.41) is 7.86. The molecule has 0 bridgehead atoms. The van der Waals surface area contributed by atoms with E-state index in [1.807, 2.05) is 30.3 Å². The molecular weight excluding hydrogens is 721 g/mol. The quantitative estimate of drug-likeness (QED) is 0.0923. The minimum atomic E-state index is 0.337. The number of nitrogens with zero attached hydrogens (tertiary/aromatic N) is 6. The molecule has 6 heteroatoms. The van der Waals surface area contributed by atoms with Crippen molar-refractivity contribution in [2.45, 2.75) is 6.42 Å². The number of rotatable bonds is 7. The van der Waals surface area contributed by atoms with Gasteiger partial charge in [0.05, 0.1) is 33.3 Å². The summed E-state index contributed by atoms with van der Waals surface area (Å²) in [7, 11) is 0. The van der Waals surface area contributed by atoms with Gasteiger partial charge in [-0.05, 0) is 72.6 Å². The Morgan fingerprint density at radius 2 is 1.10 bits per heavy atom. The Bertz CT molecular complexity index is 3390. The van der Waals surface area contributed by atoms with Crippen molar-refractivity contribution in [3.05, 3.63) is 206 Å². The highest BCUT2D eigenvalue weighted by atomic mass is 15.1. The van der Waals surface area contributed by atoms with Crippen LogP contribution in [0.5, 0.6) is 0 Å². The van der Waals surface area contributed by atoms with Crippen LogP contribution in [0.2, 0.25) is 0 Å². The van der Waals surface area contributed by atoms with Gasteiger partial charge >= 0.3 is 0 Å². The molecule has 6 nitrogen and oxygen atoms in total. The summed E-state index contributed by atoms with van der Waals surface area (Å²) in [5.74, 6) is 1.45. The molecule has 59 heavy (non-hydrogen) atoms. The second-order valence-corrected chi connectivity index (χ2v) is 14.7. The van der Waals surface area contributed by atoms with Crippen molar-refractivity contribution in [2.75, 3.05) is 0 Å². The highest BCUT2D eigenvalue weighted by Gasteiger charge is 2.19. The van der Waals surface area contributed by atoms with E-state index in [1.165, 1.54) is 21.8 Å². The minimum Gasteiger partial charge on any atom is -0.309 e. The van der Waals surface area contributed by atoms with Crippen LogP contribution in [0.25, 0.3) is 88.1 Å². The number of benzene rings is 8. The zero-order valence-electron chi connectivity index (χ0n) is 32.1. The maximum Gasteiger partial charge on any atom is 0.199 e. The summed E-state index contributed by atoms with van der Waals surface area (Å²) in [6, 6.07) is 65.7. The average Bonchev–Trinajstić information content (AvgIpc) is 3.82. The van der Waals surface area contributed by atoms with Gasteiger partial charge in [0, 0.05) is 43.6 Å². The van der Waals surface area contributed by atoms with E-state index in [9.17, 15) is 0 Å². The Morgan fingerprint density at radius 1 is 0.525 bits per heavy atom. The second-order valence-electron chi connectivity index (χ2n) is 14.7. The van der Waals surface area contributed by atoms with E-state index in [4.69, 9.17) is 15.0 Å². The molecule has 0 fully saturated rings. The van der Waals surface area contributed by atoms with Gasteiger partial charge in [-0.25, -0.2) is 20.0 Å². The summed E-state index contributed by atoms with van der Waals surface area (Å²) in [5.41, 5.74) is 9.33. The Hall–Kier alpha value is -7.96. The Kier molecular flexibility index (Phi) is 8.26. The molecule has 3 heterocycles. The molecular formula is C53H36N6. The lowest BCUT2D eigenvalue weighted by Gasteiger charge is -2.13. The van der Waals surface area contributed by atoms with Crippen molar-refractivity contribution in [3.63, 3.8) is 0 Å². The number of para-hydroxylation sites is 4. The number of aliphatic imine (C=N–C) groups is 2. The standard InChI is InChI=1S/C53H36N6/c1-54-52(53-56-50(37-18-3-2-4-19-37)44-32-31-36-17-5-6-21-39(36)51(44)57-53)55-49(59-47-28-13-9-24-42(47)43-25-10-14-29-48(43)59)33-30-35-16-15-20-38(34-35)58-45-26-11-7-22-40(45)41-23-8-12-27-46(41)58/h2-29,31-34H,1,30H2/b49-33+,55-52-. The third-order valence-electron chi connectivity index (χ3n) is 11.3. The maximum absolute atomic E-state index is 5.38. The monoisotopic (exact) mass is 756 g/mol. The highest BCUT2D eigenvalue weighted by Crippen LogP contribution is 2.35. The largest absolute Gasteiger partial charge is 0.309 e. The summed E-state index contributed by atoms with van der Waals surface area (Å²) >= 11 is 0. The van der Waals surface area contributed by atoms with Crippen molar-refractivity contribution in [3.8, 4) is 16.9 Å². The molecule has 8 aromatic carbocycles. The lowest BCUT2D eigenvalue weighted by Crippen LogP contribution is -2.08. The average molecular weight is 757 g/mol. The minimum absolute atomic E-state index is 0.337. The number of aromatic nitrogens is 4. The molecule has 0 unspecified atom stereocenters. The van der Waals surface area contributed by atoms with Gasteiger partial charge in [-0.1, -0.05) is 146 Å². The Labute approximate surface area is 340 Å². The third-order valence-corrected chi connectivity index (χ3v) is 11.3. The van der Waals surface area contributed by atoms with Crippen LogP contribution in [0, 0.1) is 0 Å². The second kappa shape index (κ2) is 14.2. The molecule has 0 saturated heterocycles. The molecule has 11 aromatic rings. The molecule has 11 rings (SSSR count). The normalized spacial score (nSPS) is 12.4. The van der Waals surface area contributed by atoms with Gasteiger partial charge in [-0.2, -0.15) is 0 Å². The van der Waals surface area contributed by atoms with Gasteiger partial charge < -0.3 is 4.57 Å². The first-order valence-electron chi connectivity index (χ1n) is 19.8. The maximum atomic E-state index is 5.38. The van der Waals surface area contributed by atoms with E-state index in [0.717, 1.165) is 66.0 Å². The molecule has 0 saturated carbocycles. The summed E-state index contributed by atoms with van der Waals surface area (Å²) < 4.78 is 4.58. The zero-order chi connectivity index (χ0) is 39.3. The molecule has 0 atom stereocenters. The van der Waals surface area contributed by atoms with Crippen LogP contribution in [0.4, 0.5) is 0 Å². The zero-order valence-corrected chi connectivity index (χ0v) is 32.1. The lowest BCUT2D eigenvalue weighted by atomic mass is 10.0. The molecule has 3 aromatic heterocycles. The van der Waals surface area contributed by atoms with E-state index in [-0.39, 0.29) is 0 Å². The SMILES string of the molecule is C=N/C(=N\C(=C/Cc1cccc(-n2c3ccccc3c3ccccc32)c1)n1c2ccccc2c2ccccc21)c1nc(-c2ccccc2)c2ccc3ccccc3c2n1. The van der Waals surface area contributed by atoms with Gasteiger partial charge in [0.1, 0.15) is 5.82 Å². The van der Waals surface area contributed by atoms with E-state index in [2.05, 4.69) is 185 Å². The molecule has 0 radical (unpaired) electrons. The van der Waals surface area contributed by atoms with E-state index >= 15 is 0 Å². The summed E-state index contributed by atoms with van der Waals surface area (Å²) in [4.78, 5) is 20.4. The first-order valence-corrected chi connectivity index (χ1v) is 19.8. The van der Waals surface area contributed by atoms with Gasteiger partial charge in [-0.15, -0.1) is 0 Å². The molecule has 278 valence electrons. The van der Waals surface area contributed by atoms with Gasteiger partial charge in [0.25, 0.3) is 0 Å². The first kappa shape index (κ1) is 34.3. The molecule has 0 amide bonds. The number of allylic oxidation sites excluding steroid dienone is 1. The van der Waals surface area contributed by atoms with Crippen molar-refractivity contribution in [2.24, 2.45) is 9.98 Å². The van der Waals surface area contributed by atoms with E-state index in [0.29, 0.717) is 23.9 Å². The summed E-state index contributed by atoms with van der Waals surface area (Å²) in [6.45, 7) is 4.05. The van der Waals surface area contributed by atoms with Crippen LogP contribution in [0.1, 0.15) is 11.4 Å². The van der Waals surface area contributed by atoms with Crippen LogP contribution in [0.3, 0.4) is 0 Å². The number of fused-ring (bicyclic) bond motifs is 9. The van der Waals surface area contributed by atoms with Crippen LogP contribution >= 0.6 is 0 Å². The fraction of sp³-hybridized carbons (Fsp3) is 0.0189. The topological polar surface area (TPSA) is 60.4 Å². The van der Waals surface area contributed by atoms with Crippen LogP contribution in [0.15, 0.2) is 204 Å². The van der Waals surface area contributed by atoms with Gasteiger partial charge in [0.2, 0.25) is 0 Å². The Morgan fingerprint density at radius 3 is 1.76 bits per heavy atom. The smallest absolute Gasteiger partial charge is 0.199 e. The fourth-order valence-corrected chi connectivity index (χ4v) is 8.63. The third kappa shape index (κ3) is 5.81. The fourth-order valence-electron chi connectivity index (χ4n) is 8.63. The van der Waals surface area contributed by atoms with Gasteiger partial charge in [-0.3, -0.25) is 4.57 Å².